The second-order valence-corrected chi connectivity index (χ2v) is 5.38. The van der Waals surface area contributed by atoms with Crippen LogP contribution in [0.2, 0.25) is 0 Å². The predicted octanol–water partition coefficient (Wildman–Crippen LogP) is 3.14. The zero-order valence-electron chi connectivity index (χ0n) is 10.4. The molecule has 15 heavy (non-hydrogen) atoms. The van der Waals surface area contributed by atoms with Crippen LogP contribution >= 0.6 is 0 Å². The van der Waals surface area contributed by atoms with Gasteiger partial charge in [0.05, 0.1) is 0 Å². The summed E-state index contributed by atoms with van der Waals surface area (Å²) in [7, 11) is 2.06. The van der Waals surface area contributed by atoms with E-state index in [1.165, 1.54) is 12.8 Å². The third-order valence-electron chi connectivity index (χ3n) is 4.08. The van der Waals surface area contributed by atoms with Crippen molar-refractivity contribution >= 4 is 0 Å². The van der Waals surface area contributed by atoms with E-state index < -0.39 is 0 Å². The molecule has 2 aliphatic rings. The summed E-state index contributed by atoms with van der Waals surface area (Å²) >= 11 is 0. The summed E-state index contributed by atoms with van der Waals surface area (Å²) in [6, 6.07) is 0. The lowest BCUT2D eigenvalue weighted by molar-refractivity contribution is 0.378. The molecule has 0 saturated heterocycles. The van der Waals surface area contributed by atoms with Crippen LogP contribution in [0.4, 0.5) is 0 Å². The van der Waals surface area contributed by atoms with E-state index in [-0.39, 0.29) is 0 Å². The summed E-state index contributed by atoms with van der Waals surface area (Å²) < 4.78 is 0. The molecule has 1 N–H and O–H groups in total. The first-order valence-corrected chi connectivity index (χ1v) is 6.18. The molecule has 2 aliphatic carbocycles. The Hall–Kier alpha value is -0.560. The van der Waals surface area contributed by atoms with Crippen LogP contribution in [0, 0.1) is 17.8 Å². The van der Waals surface area contributed by atoms with E-state index in [1.54, 1.807) is 16.7 Å². The smallest absolute Gasteiger partial charge is 0.00166 e. The molecule has 0 amide bonds. The molecule has 0 radical (unpaired) electrons. The van der Waals surface area contributed by atoms with Crippen molar-refractivity contribution in [2.75, 3.05) is 13.6 Å². The molecule has 0 aliphatic heterocycles. The first-order chi connectivity index (χ1) is 7.13. The lowest BCUT2D eigenvalue weighted by Crippen LogP contribution is -2.29. The number of hydrogen-bond acceptors (Lipinski definition) is 1. The average molecular weight is 205 g/mol. The molecule has 3 unspecified atom stereocenters. The van der Waals surface area contributed by atoms with Gasteiger partial charge in [-0.1, -0.05) is 25.5 Å². The number of rotatable bonds is 2. The monoisotopic (exact) mass is 205 g/mol. The average Bonchev–Trinajstić information content (AvgIpc) is 2.53. The van der Waals surface area contributed by atoms with Crippen LogP contribution < -0.4 is 5.32 Å². The third kappa shape index (κ3) is 1.90. The van der Waals surface area contributed by atoms with E-state index in [0.29, 0.717) is 0 Å². The predicted molar refractivity (Wildman–Crippen MR) is 65.8 cm³/mol. The largest absolute Gasteiger partial charge is 0.319 e. The van der Waals surface area contributed by atoms with Gasteiger partial charge in [-0.05, 0) is 55.7 Å². The highest BCUT2D eigenvalue weighted by molar-refractivity contribution is 5.44. The van der Waals surface area contributed by atoms with Gasteiger partial charge in [-0.15, -0.1) is 0 Å². The minimum atomic E-state index is 0.757. The third-order valence-corrected chi connectivity index (χ3v) is 4.08. The Balaban J connectivity index is 2.29. The molecule has 84 valence electrons. The van der Waals surface area contributed by atoms with E-state index >= 15 is 0 Å². The van der Waals surface area contributed by atoms with E-state index in [0.717, 1.165) is 24.3 Å². The van der Waals surface area contributed by atoms with Gasteiger partial charge in [0.15, 0.2) is 0 Å². The molecule has 2 rings (SSSR count). The second kappa shape index (κ2) is 4.13. The van der Waals surface area contributed by atoms with Crippen LogP contribution in [0.15, 0.2) is 22.8 Å². The first-order valence-electron chi connectivity index (χ1n) is 6.18. The molecule has 0 spiro atoms. The van der Waals surface area contributed by atoms with Gasteiger partial charge in [0.1, 0.15) is 0 Å². The Morgan fingerprint density at radius 3 is 2.73 bits per heavy atom. The topological polar surface area (TPSA) is 12.0 Å². The summed E-state index contributed by atoms with van der Waals surface area (Å²) in [5.74, 6) is 2.33. The van der Waals surface area contributed by atoms with E-state index in [9.17, 15) is 0 Å². The quantitative estimate of drug-likeness (QED) is 0.730. The molecule has 0 aromatic rings. The SMILES string of the molecule is CNCC1C(C)=C2CC(C)C=C2CC1C. The number of fused-ring (bicyclic) bond motifs is 1. The fraction of sp³-hybridized carbons (Fsp3) is 0.714. The maximum Gasteiger partial charge on any atom is 0.00166 e. The summed E-state index contributed by atoms with van der Waals surface area (Å²) in [6.07, 6.45) is 5.07. The highest BCUT2D eigenvalue weighted by Gasteiger charge is 2.31. The molecule has 0 fully saturated rings. The normalized spacial score (nSPS) is 35.5. The van der Waals surface area contributed by atoms with Crippen molar-refractivity contribution < 1.29 is 0 Å². The number of nitrogens with one attached hydrogen (secondary N) is 1. The lowest BCUT2D eigenvalue weighted by Gasteiger charge is -2.32. The molecule has 0 aromatic carbocycles. The first kappa shape index (κ1) is 10.9. The molecule has 3 atom stereocenters. The van der Waals surface area contributed by atoms with Gasteiger partial charge >= 0.3 is 0 Å². The van der Waals surface area contributed by atoms with Gasteiger partial charge in [0.2, 0.25) is 0 Å². The van der Waals surface area contributed by atoms with Crippen LogP contribution in [0.3, 0.4) is 0 Å². The molecule has 0 aromatic heterocycles. The summed E-state index contributed by atoms with van der Waals surface area (Å²) in [6.45, 7) is 8.21. The van der Waals surface area contributed by atoms with E-state index in [2.05, 4.69) is 39.2 Å². The summed E-state index contributed by atoms with van der Waals surface area (Å²) in [4.78, 5) is 0. The number of hydrogen-bond donors (Lipinski definition) is 1. The van der Waals surface area contributed by atoms with Gasteiger partial charge < -0.3 is 5.32 Å². The Bertz CT molecular complexity index is 311. The van der Waals surface area contributed by atoms with Crippen molar-refractivity contribution in [1.29, 1.82) is 0 Å². The van der Waals surface area contributed by atoms with Crippen molar-refractivity contribution in [3.05, 3.63) is 22.8 Å². The molecular formula is C14H23N. The Kier molecular flexibility index (Phi) is 3.01. The molecule has 0 bridgehead atoms. The Morgan fingerprint density at radius 2 is 2.07 bits per heavy atom. The number of allylic oxidation sites excluding steroid dienone is 3. The van der Waals surface area contributed by atoms with Gasteiger partial charge in [-0.25, -0.2) is 0 Å². The van der Waals surface area contributed by atoms with Gasteiger partial charge in [0, 0.05) is 6.54 Å². The molecular weight excluding hydrogens is 182 g/mol. The molecule has 0 saturated carbocycles. The summed E-state index contributed by atoms with van der Waals surface area (Å²) in [5.41, 5.74) is 4.99. The maximum atomic E-state index is 3.34. The van der Waals surface area contributed by atoms with E-state index in [4.69, 9.17) is 0 Å². The van der Waals surface area contributed by atoms with Gasteiger partial charge in [-0.2, -0.15) is 0 Å². The molecule has 0 heterocycles. The highest BCUT2D eigenvalue weighted by atomic mass is 14.8. The van der Waals surface area contributed by atoms with Crippen LogP contribution in [0.1, 0.15) is 33.6 Å². The van der Waals surface area contributed by atoms with E-state index in [1.807, 2.05) is 0 Å². The fourth-order valence-corrected chi connectivity index (χ4v) is 3.28. The second-order valence-electron chi connectivity index (χ2n) is 5.38. The minimum Gasteiger partial charge on any atom is -0.319 e. The van der Waals surface area contributed by atoms with Crippen molar-refractivity contribution in [2.45, 2.75) is 33.6 Å². The van der Waals surface area contributed by atoms with Crippen LogP contribution in [-0.2, 0) is 0 Å². The van der Waals surface area contributed by atoms with Crippen molar-refractivity contribution in [2.24, 2.45) is 17.8 Å². The van der Waals surface area contributed by atoms with Crippen LogP contribution in [0.25, 0.3) is 0 Å². The van der Waals surface area contributed by atoms with Crippen LogP contribution in [-0.4, -0.2) is 13.6 Å². The summed E-state index contributed by atoms with van der Waals surface area (Å²) in [5, 5.41) is 3.34. The maximum absolute atomic E-state index is 3.34. The molecule has 1 nitrogen and oxygen atoms in total. The Labute approximate surface area is 93.6 Å². The fourth-order valence-electron chi connectivity index (χ4n) is 3.28. The van der Waals surface area contributed by atoms with Gasteiger partial charge in [0.25, 0.3) is 0 Å². The lowest BCUT2D eigenvalue weighted by atomic mass is 9.75. The standard InChI is InChI=1S/C14H23N/c1-9-5-12-7-10(2)14(8-15-4)11(3)13(12)6-9/h5,9-10,14-15H,6-8H2,1-4H3. The zero-order valence-corrected chi connectivity index (χ0v) is 10.4. The van der Waals surface area contributed by atoms with Crippen molar-refractivity contribution in [1.82, 2.24) is 5.32 Å². The van der Waals surface area contributed by atoms with Crippen LogP contribution in [0.5, 0.6) is 0 Å². The minimum absolute atomic E-state index is 0.757. The van der Waals surface area contributed by atoms with Crippen molar-refractivity contribution in [3.8, 4) is 0 Å². The van der Waals surface area contributed by atoms with Gasteiger partial charge in [-0.3, -0.25) is 0 Å². The Morgan fingerprint density at radius 1 is 1.33 bits per heavy atom. The van der Waals surface area contributed by atoms with Crippen molar-refractivity contribution in [3.63, 3.8) is 0 Å². The highest BCUT2D eigenvalue weighted by Crippen LogP contribution is 2.44. The molecule has 1 heteroatoms. The zero-order chi connectivity index (χ0) is 11.0.